The summed E-state index contributed by atoms with van der Waals surface area (Å²) in [6, 6.07) is 0. The van der Waals surface area contributed by atoms with Gasteiger partial charge in [0.25, 0.3) is 0 Å². The van der Waals surface area contributed by atoms with Crippen LogP contribution in [0.25, 0.3) is 0 Å². The molecule has 0 saturated carbocycles. The Morgan fingerprint density at radius 2 is 1.31 bits per heavy atom. The highest BCUT2D eigenvalue weighted by Crippen LogP contribution is 2.02. The van der Waals surface area contributed by atoms with Gasteiger partial charge in [0.2, 0.25) is 0 Å². The van der Waals surface area contributed by atoms with Crippen molar-refractivity contribution in [3.63, 3.8) is 0 Å². The molecule has 0 aliphatic heterocycles. The quantitative estimate of drug-likeness (QED) is 0.250. The summed E-state index contributed by atoms with van der Waals surface area (Å²) < 4.78 is 0. The van der Waals surface area contributed by atoms with Crippen molar-refractivity contribution in [2.24, 2.45) is 5.73 Å². The lowest BCUT2D eigenvalue weighted by Gasteiger charge is -2.22. The highest BCUT2D eigenvalue weighted by atomic mass is 16.3. The molecule has 0 bridgehead atoms. The van der Waals surface area contributed by atoms with E-state index in [-0.39, 0.29) is 19.2 Å². The fraction of sp³-hybridized carbons (Fsp3) is 0.909. The van der Waals surface area contributed by atoms with Crippen LogP contribution in [0.15, 0.2) is 0 Å². The second-order valence-corrected chi connectivity index (χ2v) is 3.94. The Bertz CT molecular complexity index is 165. The first-order valence-corrected chi connectivity index (χ1v) is 6.03. The first kappa shape index (κ1) is 15.2. The van der Waals surface area contributed by atoms with Crippen LogP contribution in [0, 0.1) is 5.41 Å². The molecule has 0 rings (SSSR count). The third-order valence-electron chi connectivity index (χ3n) is 2.51. The van der Waals surface area contributed by atoms with E-state index in [4.69, 9.17) is 21.4 Å². The van der Waals surface area contributed by atoms with E-state index in [2.05, 4.69) is 0 Å². The van der Waals surface area contributed by atoms with E-state index >= 15 is 0 Å². The Balaban J connectivity index is 3.59. The van der Waals surface area contributed by atoms with Crippen LogP contribution in [-0.2, 0) is 0 Å². The highest BCUT2D eigenvalue weighted by molar-refractivity contribution is 5.74. The number of aliphatic hydroxyl groups is 2. The van der Waals surface area contributed by atoms with Crippen LogP contribution in [-0.4, -0.2) is 47.4 Å². The van der Waals surface area contributed by atoms with Gasteiger partial charge in [-0.25, -0.2) is 0 Å². The third-order valence-corrected chi connectivity index (χ3v) is 2.51. The molecule has 0 aromatic carbocycles. The minimum atomic E-state index is 0.119. The molecular weight excluding hydrogens is 206 g/mol. The van der Waals surface area contributed by atoms with E-state index in [0.29, 0.717) is 0 Å². The lowest BCUT2D eigenvalue weighted by Crippen LogP contribution is -2.37. The molecule has 0 aromatic heterocycles. The van der Waals surface area contributed by atoms with Crippen LogP contribution in [0.3, 0.4) is 0 Å². The van der Waals surface area contributed by atoms with E-state index in [0.717, 1.165) is 51.6 Å². The number of guanidine groups is 1. The van der Waals surface area contributed by atoms with Gasteiger partial charge in [-0.15, -0.1) is 0 Å². The molecule has 5 N–H and O–H groups in total. The topological polar surface area (TPSA) is 93.6 Å². The molecule has 0 aliphatic carbocycles. The molecule has 0 radical (unpaired) electrons. The predicted molar refractivity (Wildman–Crippen MR) is 65.4 cm³/mol. The molecule has 5 nitrogen and oxygen atoms in total. The van der Waals surface area contributed by atoms with E-state index in [1.165, 1.54) is 0 Å². The number of rotatable bonds is 10. The largest absolute Gasteiger partial charge is 0.396 e. The van der Waals surface area contributed by atoms with Gasteiger partial charge in [0.15, 0.2) is 5.96 Å². The standard InChI is InChI=1S/C11H25N3O2/c12-11(13)14(7-3-1-5-9-15)8-4-2-6-10-16/h15-16H,1-10H2,(H3,12,13). The molecule has 0 aliphatic rings. The zero-order valence-electron chi connectivity index (χ0n) is 9.99. The molecule has 5 heteroatoms. The van der Waals surface area contributed by atoms with Crippen molar-refractivity contribution in [3.8, 4) is 0 Å². The van der Waals surface area contributed by atoms with Crippen molar-refractivity contribution in [1.29, 1.82) is 5.41 Å². The fourth-order valence-corrected chi connectivity index (χ4v) is 1.54. The number of aliphatic hydroxyl groups excluding tert-OH is 2. The maximum Gasteiger partial charge on any atom is 0.188 e. The van der Waals surface area contributed by atoms with Crippen LogP contribution in [0.1, 0.15) is 38.5 Å². The molecular formula is C11H25N3O2. The molecule has 96 valence electrons. The fourth-order valence-electron chi connectivity index (χ4n) is 1.54. The Morgan fingerprint density at radius 3 is 1.62 bits per heavy atom. The Labute approximate surface area is 97.8 Å². The molecule has 0 atom stereocenters. The Morgan fingerprint density at radius 1 is 0.875 bits per heavy atom. The molecule has 0 unspecified atom stereocenters. The number of hydrogen-bond donors (Lipinski definition) is 4. The first-order chi connectivity index (χ1) is 7.72. The lowest BCUT2D eigenvalue weighted by molar-refractivity contribution is 0.274. The molecule has 16 heavy (non-hydrogen) atoms. The van der Waals surface area contributed by atoms with Crippen molar-refractivity contribution in [2.45, 2.75) is 38.5 Å². The molecule has 0 spiro atoms. The summed E-state index contributed by atoms with van der Waals surface area (Å²) in [7, 11) is 0. The van der Waals surface area contributed by atoms with Crippen LogP contribution in [0.4, 0.5) is 0 Å². The van der Waals surface area contributed by atoms with Gasteiger partial charge in [-0.2, -0.15) is 0 Å². The zero-order valence-corrected chi connectivity index (χ0v) is 9.99. The van der Waals surface area contributed by atoms with E-state index in [9.17, 15) is 0 Å². The summed E-state index contributed by atoms with van der Waals surface area (Å²) in [5, 5.41) is 24.7. The second-order valence-electron chi connectivity index (χ2n) is 3.94. The Hall–Kier alpha value is -0.810. The lowest BCUT2D eigenvalue weighted by atomic mass is 10.2. The van der Waals surface area contributed by atoms with Gasteiger partial charge in [-0.05, 0) is 38.5 Å². The summed E-state index contributed by atoms with van der Waals surface area (Å²) >= 11 is 0. The summed E-state index contributed by atoms with van der Waals surface area (Å²) in [6.45, 7) is 2.04. The van der Waals surface area contributed by atoms with Gasteiger partial charge in [0, 0.05) is 26.3 Å². The van der Waals surface area contributed by atoms with Crippen molar-refractivity contribution < 1.29 is 10.2 Å². The monoisotopic (exact) mass is 231 g/mol. The summed E-state index contributed by atoms with van der Waals surface area (Å²) in [4.78, 5) is 1.86. The van der Waals surface area contributed by atoms with Crippen LogP contribution >= 0.6 is 0 Å². The van der Waals surface area contributed by atoms with Gasteiger partial charge in [-0.3, -0.25) is 5.41 Å². The van der Waals surface area contributed by atoms with Crippen molar-refractivity contribution in [1.82, 2.24) is 4.90 Å². The second kappa shape index (κ2) is 10.7. The maximum absolute atomic E-state index is 8.64. The van der Waals surface area contributed by atoms with Crippen LogP contribution in [0.2, 0.25) is 0 Å². The molecule has 0 fully saturated rings. The summed E-state index contributed by atoms with van der Waals surface area (Å²) in [5.74, 6) is 0.119. The number of unbranched alkanes of at least 4 members (excludes halogenated alkanes) is 4. The number of nitrogens with zero attached hydrogens (tertiary/aromatic N) is 1. The van der Waals surface area contributed by atoms with Gasteiger partial charge in [-0.1, -0.05) is 0 Å². The van der Waals surface area contributed by atoms with E-state index in [1.54, 1.807) is 0 Å². The Kier molecular flexibility index (Phi) is 10.2. The minimum absolute atomic E-state index is 0.119. The average Bonchev–Trinajstić information content (AvgIpc) is 2.26. The predicted octanol–water partition coefficient (Wildman–Crippen LogP) is 0.507. The number of nitrogens with one attached hydrogen (secondary N) is 1. The average molecular weight is 231 g/mol. The summed E-state index contributed by atoms with van der Waals surface area (Å²) in [5.41, 5.74) is 5.48. The van der Waals surface area contributed by atoms with Crippen LogP contribution in [0.5, 0.6) is 0 Å². The van der Waals surface area contributed by atoms with E-state index in [1.807, 2.05) is 4.90 Å². The minimum Gasteiger partial charge on any atom is -0.396 e. The van der Waals surface area contributed by atoms with Crippen molar-refractivity contribution in [3.05, 3.63) is 0 Å². The van der Waals surface area contributed by atoms with E-state index < -0.39 is 0 Å². The molecule has 0 saturated heterocycles. The van der Waals surface area contributed by atoms with Gasteiger partial charge >= 0.3 is 0 Å². The van der Waals surface area contributed by atoms with Gasteiger partial charge in [0.1, 0.15) is 0 Å². The third kappa shape index (κ3) is 8.49. The summed E-state index contributed by atoms with van der Waals surface area (Å²) in [6.07, 6.45) is 5.49. The molecule has 0 amide bonds. The molecule has 0 heterocycles. The van der Waals surface area contributed by atoms with Crippen molar-refractivity contribution in [2.75, 3.05) is 26.3 Å². The SMILES string of the molecule is N=C(N)N(CCCCCO)CCCCCO. The number of hydrogen-bond acceptors (Lipinski definition) is 3. The van der Waals surface area contributed by atoms with Crippen molar-refractivity contribution >= 4 is 5.96 Å². The first-order valence-electron chi connectivity index (χ1n) is 6.03. The highest BCUT2D eigenvalue weighted by Gasteiger charge is 2.05. The zero-order chi connectivity index (χ0) is 12.2. The number of nitrogens with two attached hydrogens (primary N) is 1. The normalized spacial score (nSPS) is 10.4. The molecule has 0 aromatic rings. The van der Waals surface area contributed by atoms with Gasteiger partial charge in [0.05, 0.1) is 0 Å². The van der Waals surface area contributed by atoms with Crippen LogP contribution < -0.4 is 5.73 Å². The van der Waals surface area contributed by atoms with Gasteiger partial charge < -0.3 is 20.8 Å². The smallest absolute Gasteiger partial charge is 0.188 e. The maximum atomic E-state index is 8.64.